The van der Waals surface area contributed by atoms with Gasteiger partial charge in [0.1, 0.15) is 0 Å². The Bertz CT molecular complexity index is 1370. The van der Waals surface area contributed by atoms with Gasteiger partial charge < -0.3 is 0 Å². The Kier molecular flexibility index (Phi) is 6.28. The molecule has 0 saturated heterocycles. The summed E-state index contributed by atoms with van der Waals surface area (Å²) in [6.07, 6.45) is 3.20. The lowest BCUT2D eigenvalue weighted by molar-refractivity contribution is -0.394. The maximum absolute atomic E-state index is 13.6. The van der Waals surface area contributed by atoms with Crippen LogP contribution in [-0.2, 0) is 6.54 Å². The third-order valence-corrected chi connectivity index (χ3v) is 6.22. The first kappa shape index (κ1) is 22.9. The largest absolute Gasteiger partial charge is 0.279 e. The summed E-state index contributed by atoms with van der Waals surface area (Å²) < 4.78 is 0.884. The van der Waals surface area contributed by atoms with Crippen LogP contribution in [0.15, 0.2) is 60.9 Å². The predicted molar refractivity (Wildman–Crippen MR) is 128 cm³/mol. The number of amides is 1. The fraction of sp³-hybridized carbons (Fsp3) is 0.174. The molecule has 2 aromatic carbocycles. The average Bonchev–Trinajstić information content (AvgIpc) is 3.26. The molecular weight excluding hydrogens is 458 g/mol. The van der Waals surface area contributed by atoms with Crippen molar-refractivity contribution >= 4 is 44.0 Å². The molecule has 0 saturated carbocycles. The van der Waals surface area contributed by atoms with Crippen molar-refractivity contribution < 1.29 is 14.6 Å². The van der Waals surface area contributed by atoms with Gasteiger partial charge in [0.2, 0.25) is 0 Å². The first-order valence-corrected chi connectivity index (χ1v) is 11.1. The van der Waals surface area contributed by atoms with Crippen molar-refractivity contribution in [3.05, 3.63) is 97.8 Å². The van der Waals surface area contributed by atoms with E-state index in [1.54, 1.807) is 24.5 Å². The summed E-state index contributed by atoms with van der Waals surface area (Å²) in [6.45, 7) is 4.18. The van der Waals surface area contributed by atoms with E-state index < -0.39 is 27.1 Å². The van der Waals surface area contributed by atoms with Crippen molar-refractivity contribution in [3.63, 3.8) is 0 Å². The number of hydrogen-bond acceptors (Lipinski definition) is 8. The third-order valence-electron chi connectivity index (χ3n) is 5.17. The van der Waals surface area contributed by atoms with Gasteiger partial charge in [-0.1, -0.05) is 43.4 Å². The van der Waals surface area contributed by atoms with Crippen LogP contribution in [0.2, 0.25) is 0 Å². The number of benzene rings is 2. The number of nitro groups is 2. The second-order valence-electron chi connectivity index (χ2n) is 7.85. The van der Waals surface area contributed by atoms with Crippen LogP contribution in [0.5, 0.6) is 0 Å². The topological polar surface area (TPSA) is 132 Å². The fourth-order valence-corrected chi connectivity index (χ4v) is 4.52. The minimum Gasteiger partial charge on any atom is -0.279 e. The molecule has 0 N–H and O–H groups in total. The number of para-hydroxylation sites is 1. The number of thiazole rings is 1. The van der Waals surface area contributed by atoms with E-state index in [0.717, 1.165) is 34.0 Å². The SMILES string of the molecule is CC(C)c1cccc2sc(N(Cc3cccnc3)C(=O)c3cc([N+](=O)[O-])cc([N+](=O)[O-])c3)nc12. The summed E-state index contributed by atoms with van der Waals surface area (Å²) >= 11 is 1.31. The second kappa shape index (κ2) is 9.32. The second-order valence-corrected chi connectivity index (χ2v) is 8.86. The van der Waals surface area contributed by atoms with E-state index in [4.69, 9.17) is 4.98 Å². The fourth-order valence-electron chi connectivity index (χ4n) is 3.53. The Hall–Kier alpha value is -4.25. The van der Waals surface area contributed by atoms with Gasteiger partial charge in [-0.2, -0.15) is 0 Å². The van der Waals surface area contributed by atoms with Crippen LogP contribution >= 0.6 is 11.3 Å². The number of non-ortho nitro benzene ring substituents is 2. The number of nitrogens with zero attached hydrogens (tertiary/aromatic N) is 5. The zero-order valence-corrected chi connectivity index (χ0v) is 19.1. The van der Waals surface area contributed by atoms with Crippen LogP contribution < -0.4 is 4.90 Å². The molecule has 0 fully saturated rings. The minimum absolute atomic E-state index is 0.0833. The van der Waals surface area contributed by atoms with Gasteiger partial charge in [0, 0.05) is 24.5 Å². The number of carbonyl (C=O) groups excluding carboxylic acids is 1. The summed E-state index contributed by atoms with van der Waals surface area (Å²) in [5.41, 5.74) is 1.26. The Balaban J connectivity index is 1.85. The van der Waals surface area contributed by atoms with Gasteiger partial charge in [0.15, 0.2) is 5.13 Å². The molecule has 10 nitrogen and oxygen atoms in total. The molecule has 0 aliphatic carbocycles. The molecule has 0 radical (unpaired) electrons. The molecule has 2 aromatic heterocycles. The van der Waals surface area contributed by atoms with Crippen molar-refractivity contribution in [2.45, 2.75) is 26.3 Å². The van der Waals surface area contributed by atoms with Gasteiger partial charge in [-0.25, -0.2) is 4.98 Å². The highest BCUT2D eigenvalue weighted by atomic mass is 32.1. The maximum Gasteiger partial charge on any atom is 0.277 e. The van der Waals surface area contributed by atoms with Gasteiger partial charge in [0.05, 0.1) is 38.2 Å². The molecule has 0 bridgehead atoms. The van der Waals surface area contributed by atoms with E-state index >= 15 is 0 Å². The number of rotatable bonds is 7. The van der Waals surface area contributed by atoms with Crippen LogP contribution in [0.4, 0.5) is 16.5 Å². The summed E-state index contributed by atoms with van der Waals surface area (Å²) in [5, 5.41) is 23.1. The summed E-state index contributed by atoms with van der Waals surface area (Å²) in [4.78, 5) is 45.0. The zero-order chi connectivity index (χ0) is 24.4. The number of fused-ring (bicyclic) bond motifs is 1. The average molecular weight is 478 g/mol. The van der Waals surface area contributed by atoms with Gasteiger partial charge in [0.25, 0.3) is 17.3 Å². The molecule has 34 heavy (non-hydrogen) atoms. The predicted octanol–water partition coefficient (Wildman–Crippen LogP) is 5.48. The van der Waals surface area contributed by atoms with E-state index in [0.29, 0.717) is 10.7 Å². The van der Waals surface area contributed by atoms with Crippen molar-refractivity contribution in [2.24, 2.45) is 0 Å². The molecule has 0 atom stereocenters. The first-order valence-electron chi connectivity index (χ1n) is 10.3. The molecule has 11 heteroatoms. The van der Waals surface area contributed by atoms with Crippen LogP contribution in [0.1, 0.15) is 41.3 Å². The molecule has 4 rings (SSSR count). The molecule has 0 unspecified atom stereocenters. The van der Waals surface area contributed by atoms with Crippen molar-refractivity contribution in [1.29, 1.82) is 0 Å². The molecule has 0 aliphatic rings. The van der Waals surface area contributed by atoms with Crippen LogP contribution in [-0.4, -0.2) is 25.7 Å². The van der Waals surface area contributed by atoms with Crippen LogP contribution in [0.25, 0.3) is 10.2 Å². The van der Waals surface area contributed by atoms with E-state index in [1.165, 1.54) is 16.2 Å². The monoisotopic (exact) mass is 477 g/mol. The molecule has 1 amide bonds. The molecule has 2 heterocycles. The Morgan fingerprint density at radius 2 is 1.76 bits per heavy atom. The molecule has 0 aliphatic heterocycles. The van der Waals surface area contributed by atoms with E-state index in [-0.39, 0.29) is 18.0 Å². The zero-order valence-electron chi connectivity index (χ0n) is 18.2. The standard InChI is InChI=1S/C23H19N5O5S/c1-14(2)19-6-3-7-20-21(19)25-23(34-20)26(13-15-5-4-8-24-12-15)22(29)16-9-17(27(30)31)11-18(10-16)28(32)33/h3-12,14H,13H2,1-2H3. The first-order chi connectivity index (χ1) is 16.2. The highest BCUT2D eigenvalue weighted by molar-refractivity contribution is 7.22. The number of nitro benzene ring substituents is 2. The number of pyridine rings is 1. The van der Waals surface area contributed by atoms with Gasteiger partial charge >= 0.3 is 0 Å². The molecule has 0 spiro atoms. The lowest BCUT2D eigenvalue weighted by Crippen LogP contribution is -2.30. The lowest BCUT2D eigenvalue weighted by atomic mass is 10.0. The van der Waals surface area contributed by atoms with E-state index in [2.05, 4.69) is 18.8 Å². The highest BCUT2D eigenvalue weighted by Crippen LogP contribution is 2.35. The summed E-state index contributed by atoms with van der Waals surface area (Å²) in [5.74, 6) is -0.429. The minimum atomic E-state index is -0.762. The number of hydrogen-bond donors (Lipinski definition) is 0. The van der Waals surface area contributed by atoms with E-state index in [1.807, 2.05) is 18.2 Å². The number of anilines is 1. The van der Waals surface area contributed by atoms with Crippen LogP contribution in [0, 0.1) is 20.2 Å². The Morgan fingerprint density at radius 1 is 1.06 bits per heavy atom. The maximum atomic E-state index is 13.6. The summed E-state index contributed by atoms with van der Waals surface area (Å²) in [6, 6.07) is 12.2. The van der Waals surface area contributed by atoms with Crippen LogP contribution in [0.3, 0.4) is 0 Å². The van der Waals surface area contributed by atoms with Crippen molar-refractivity contribution in [3.8, 4) is 0 Å². The van der Waals surface area contributed by atoms with Gasteiger partial charge in [-0.05, 0) is 29.2 Å². The van der Waals surface area contributed by atoms with Gasteiger partial charge in [-0.15, -0.1) is 0 Å². The lowest BCUT2D eigenvalue weighted by Gasteiger charge is -2.20. The molecule has 172 valence electrons. The highest BCUT2D eigenvalue weighted by Gasteiger charge is 2.27. The number of aromatic nitrogens is 2. The normalized spacial score (nSPS) is 11.0. The Labute approximate surface area is 197 Å². The third kappa shape index (κ3) is 4.59. The van der Waals surface area contributed by atoms with Crippen molar-refractivity contribution in [2.75, 3.05) is 4.90 Å². The van der Waals surface area contributed by atoms with E-state index in [9.17, 15) is 25.0 Å². The summed E-state index contributed by atoms with van der Waals surface area (Å²) in [7, 11) is 0. The molecule has 4 aromatic rings. The smallest absolute Gasteiger partial charge is 0.277 e. The molecular formula is C23H19N5O5S. The van der Waals surface area contributed by atoms with Gasteiger partial charge in [-0.3, -0.25) is 34.9 Å². The Morgan fingerprint density at radius 3 is 2.35 bits per heavy atom. The quantitative estimate of drug-likeness (QED) is 0.254. The number of carbonyl (C=O) groups is 1. The van der Waals surface area contributed by atoms with Crippen molar-refractivity contribution in [1.82, 2.24) is 9.97 Å².